The van der Waals surface area contributed by atoms with Crippen molar-refractivity contribution < 1.29 is 23.9 Å². The van der Waals surface area contributed by atoms with Crippen molar-refractivity contribution in [1.82, 2.24) is 15.8 Å². The number of rotatable bonds is 10. The summed E-state index contributed by atoms with van der Waals surface area (Å²) in [5.41, 5.74) is 4.51. The number of methoxy groups -OCH3 is 2. The molecule has 1 saturated heterocycles. The maximum atomic E-state index is 13.5. The molecule has 0 bridgehead atoms. The van der Waals surface area contributed by atoms with E-state index >= 15 is 0 Å². The maximum absolute atomic E-state index is 13.5. The molecule has 0 radical (unpaired) electrons. The quantitative estimate of drug-likeness (QED) is 0.361. The number of thiocarbonyl (C=S) groups is 1. The molecule has 0 saturated carbocycles. The highest BCUT2D eigenvalue weighted by molar-refractivity contribution is 7.80. The molecule has 4 rings (SSSR count). The first-order valence-corrected chi connectivity index (χ1v) is 12.9. The number of halogens is 1. The Morgan fingerprint density at radius 1 is 0.974 bits per heavy atom. The topological polar surface area (TPSA) is 100 Å². The van der Waals surface area contributed by atoms with Crippen LogP contribution in [-0.4, -0.2) is 54.6 Å². The molecule has 1 aliphatic heterocycles. The average Bonchev–Trinajstić information content (AvgIpc) is 3.17. The van der Waals surface area contributed by atoms with E-state index in [4.69, 9.17) is 33.3 Å². The molecule has 3 aromatic rings. The van der Waals surface area contributed by atoms with Crippen molar-refractivity contribution in [2.45, 2.75) is 18.9 Å². The van der Waals surface area contributed by atoms with Gasteiger partial charge in [0.05, 0.1) is 26.3 Å². The summed E-state index contributed by atoms with van der Waals surface area (Å²) in [7, 11) is 3.12. The van der Waals surface area contributed by atoms with Crippen molar-refractivity contribution >= 4 is 52.3 Å². The minimum atomic E-state index is -1.04. The van der Waals surface area contributed by atoms with Crippen molar-refractivity contribution in [2.24, 2.45) is 0 Å². The van der Waals surface area contributed by atoms with E-state index in [0.717, 1.165) is 5.56 Å². The Morgan fingerprint density at radius 2 is 1.67 bits per heavy atom. The molecule has 2 N–H and O–H groups in total. The molecule has 1 heterocycles. The Kier molecular flexibility index (Phi) is 9.00. The van der Waals surface area contributed by atoms with E-state index in [0.29, 0.717) is 40.7 Å². The number of carbonyl (C=O) groups excluding carboxylic acids is 3. The largest absolute Gasteiger partial charge is 0.493 e. The van der Waals surface area contributed by atoms with Gasteiger partial charge in [0.2, 0.25) is 11.0 Å². The summed E-state index contributed by atoms with van der Waals surface area (Å²) in [6, 6.07) is 19.6. The molecule has 1 atom stereocenters. The van der Waals surface area contributed by atoms with Crippen LogP contribution in [0.4, 0.5) is 5.69 Å². The zero-order valence-electron chi connectivity index (χ0n) is 21.3. The smallest absolute Gasteiger partial charge is 0.269 e. The number of hydrogen-bond acceptors (Lipinski definition) is 6. The van der Waals surface area contributed by atoms with Crippen LogP contribution in [0.1, 0.15) is 22.3 Å². The Labute approximate surface area is 236 Å². The second-order valence-corrected chi connectivity index (χ2v) is 9.42. The van der Waals surface area contributed by atoms with Gasteiger partial charge in [-0.05, 0) is 72.7 Å². The molecule has 3 amide bonds. The number of nitrogens with one attached hydrogen (secondary N) is 2. The van der Waals surface area contributed by atoms with Gasteiger partial charge >= 0.3 is 0 Å². The molecule has 3 aromatic carbocycles. The summed E-state index contributed by atoms with van der Waals surface area (Å²) in [6.45, 7) is 0.330. The van der Waals surface area contributed by atoms with E-state index in [2.05, 4.69) is 10.7 Å². The minimum absolute atomic E-state index is 0.0507. The second kappa shape index (κ2) is 12.6. The summed E-state index contributed by atoms with van der Waals surface area (Å²) in [4.78, 5) is 40.6. The van der Waals surface area contributed by atoms with Crippen LogP contribution in [0.3, 0.4) is 0 Å². The lowest BCUT2D eigenvalue weighted by atomic mass is 10.1. The van der Waals surface area contributed by atoms with E-state index in [9.17, 15) is 14.4 Å². The maximum Gasteiger partial charge on any atom is 0.269 e. The molecular formula is C28H27ClN4O5S. The van der Waals surface area contributed by atoms with E-state index in [1.165, 1.54) is 9.91 Å². The lowest BCUT2D eigenvalue weighted by Gasteiger charge is -2.24. The molecule has 0 aromatic heterocycles. The fourth-order valence-corrected chi connectivity index (χ4v) is 4.61. The van der Waals surface area contributed by atoms with Crippen LogP contribution in [0.5, 0.6) is 11.5 Å². The Morgan fingerprint density at radius 3 is 2.33 bits per heavy atom. The van der Waals surface area contributed by atoms with Gasteiger partial charge in [0.1, 0.15) is 6.04 Å². The van der Waals surface area contributed by atoms with Crippen LogP contribution in [0.25, 0.3) is 0 Å². The van der Waals surface area contributed by atoms with Crippen molar-refractivity contribution in [2.75, 3.05) is 25.7 Å². The van der Waals surface area contributed by atoms with Gasteiger partial charge in [0.15, 0.2) is 11.5 Å². The molecule has 9 nitrogen and oxygen atoms in total. The van der Waals surface area contributed by atoms with E-state index in [1.54, 1.807) is 74.9 Å². The number of ether oxygens (including phenoxy) is 2. The summed E-state index contributed by atoms with van der Waals surface area (Å²) < 4.78 is 10.6. The number of nitrogens with zero attached hydrogens (tertiary/aromatic N) is 2. The van der Waals surface area contributed by atoms with Crippen LogP contribution in [0.2, 0.25) is 5.02 Å². The van der Waals surface area contributed by atoms with Gasteiger partial charge in [0, 0.05) is 17.1 Å². The fraction of sp³-hybridized carbons (Fsp3) is 0.214. The Bertz CT molecular complexity index is 1370. The Balaban J connectivity index is 1.47. The number of benzene rings is 3. The number of anilines is 1. The first-order chi connectivity index (χ1) is 18.8. The number of amides is 3. The van der Waals surface area contributed by atoms with Gasteiger partial charge in [-0.25, -0.2) is 5.01 Å². The Hall–Kier alpha value is -4.15. The third-order valence-electron chi connectivity index (χ3n) is 6.12. The van der Waals surface area contributed by atoms with E-state index < -0.39 is 17.9 Å². The van der Waals surface area contributed by atoms with Crippen LogP contribution in [-0.2, 0) is 16.0 Å². The SMILES string of the molecule is COc1ccc(CCNC(=O)CC2C(=O)N(c3ccc(Cl)cc3)C(=S)N2NC(=O)c2ccccc2)cc1OC. The second-order valence-electron chi connectivity index (χ2n) is 8.62. The summed E-state index contributed by atoms with van der Waals surface area (Å²) in [6.07, 6.45) is 0.318. The van der Waals surface area contributed by atoms with Crippen LogP contribution in [0, 0.1) is 0 Å². The van der Waals surface area contributed by atoms with Gasteiger partial charge in [0.25, 0.3) is 11.8 Å². The average molecular weight is 567 g/mol. The molecule has 0 spiro atoms. The minimum Gasteiger partial charge on any atom is -0.493 e. The third kappa shape index (κ3) is 6.47. The highest BCUT2D eigenvalue weighted by Crippen LogP contribution is 2.28. The van der Waals surface area contributed by atoms with Crippen molar-refractivity contribution in [3.63, 3.8) is 0 Å². The normalized spacial score (nSPS) is 14.8. The summed E-state index contributed by atoms with van der Waals surface area (Å²) in [5.74, 6) is -0.0517. The summed E-state index contributed by atoms with van der Waals surface area (Å²) >= 11 is 11.6. The first kappa shape index (κ1) is 27.9. The van der Waals surface area contributed by atoms with E-state index in [1.807, 2.05) is 12.1 Å². The monoisotopic (exact) mass is 566 g/mol. The molecule has 202 valence electrons. The third-order valence-corrected chi connectivity index (χ3v) is 6.75. The standard InChI is InChI=1S/C28H27ClN4O5S/c1-37-23-13-8-18(16-24(23)38-2)14-15-30-25(34)17-22-27(36)32(21-11-9-20(29)10-12-21)28(39)33(22)31-26(35)19-6-4-3-5-7-19/h3-13,16,22H,14-15,17H2,1-2H3,(H,30,34)(H,31,35). The number of carbonyl (C=O) groups is 3. The van der Waals surface area contributed by atoms with Gasteiger partial charge in [-0.1, -0.05) is 35.9 Å². The molecule has 1 fully saturated rings. The number of hydrogen-bond donors (Lipinski definition) is 2. The highest BCUT2D eigenvalue weighted by Gasteiger charge is 2.45. The molecular weight excluding hydrogens is 540 g/mol. The lowest BCUT2D eigenvalue weighted by molar-refractivity contribution is -0.127. The van der Waals surface area contributed by atoms with Gasteiger partial charge in [-0.2, -0.15) is 0 Å². The first-order valence-electron chi connectivity index (χ1n) is 12.1. The van der Waals surface area contributed by atoms with Crippen LogP contribution < -0.4 is 25.1 Å². The molecule has 1 unspecified atom stereocenters. The van der Waals surface area contributed by atoms with E-state index in [-0.39, 0.29) is 17.4 Å². The predicted molar refractivity (Wildman–Crippen MR) is 152 cm³/mol. The highest BCUT2D eigenvalue weighted by atomic mass is 35.5. The fourth-order valence-electron chi connectivity index (χ4n) is 4.12. The molecule has 0 aliphatic carbocycles. The lowest BCUT2D eigenvalue weighted by Crippen LogP contribution is -2.50. The van der Waals surface area contributed by atoms with Crippen molar-refractivity contribution in [3.8, 4) is 11.5 Å². The zero-order chi connectivity index (χ0) is 27.9. The zero-order valence-corrected chi connectivity index (χ0v) is 22.9. The summed E-state index contributed by atoms with van der Waals surface area (Å²) in [5, 5.41) is 4.67. The molecule has 1 aliphatic rings. The van der Waals surface area contributed by atoms with Gasteiger partial charge in [-0.15, -0.1) is 0 Å². The molecule has 11 heteroatoms. The van der Waals surface area contributed by atoms with Crippen molar-refractivity contribution in [3.05, 3.63) is 88.9 Å². The van der Waals surface area contributed by atoms with Crippen molar-refractivity contribution in [1.29, 1.82) is 0 Å². The van der Waals surface area contributed by atoms with Gasteiger partial charge in [-0.3, -0.25) is 24.7 Å². The molecule has 39 heavy (non-hydrogen) atoms. The van der Waals surface area contributed by atoms with Crippen LogP contribution >= 0.6 is 23.8 Å². The van der Waals surface area contributed by atoms with Crippen LogP contribution in [0.15, 0.2) is 72.8 Å². The van der Waals surface area contributed by atoms with Gasteiger partial charge < -0.3 is 14.8 Å². The number of hydrazine groups is 1. The predicted octanol–water partition coefficient (Wildman–Crippen LogP) is 3.75.